The zero-order valence-corrected chi connectivity index (χ0v) is 15.9. The van der Waals surface area contributed by atoms with Gasteiger partial charge in [0.25, 0.3) is 0 Å². The summed E-state index contributed by atoms with van der Waals surface area (Å²) in [6.45, 7) is 9.29. The summed E-state index contributed by atoms with van der Waals surface area (Å²) < 4.78 is 1.93. The molecule has 2 N–H and O–H groups in total. The van der Waals surface area contributed by atoms with E-state index in [2.05, 4.69) is 35.8 Å². The third kappa shape index (κ3) is 4.59. The number of likely N-dealkylation sites (tertiary alicyclic amines) is 1. The zero-order valence-electron chi connectivity index (χ0n) is 13.6. The normalized spacial score (nSPS) is 17.0. The van der Waals surface area contributed by atoms with Crippen molar-refractivity contribution in [3.63, 3.8) is 0 Å². The molecule has 0 spiro atoms. The highest BCUT2D eigenvalue weighted by Gasteiger charge is 2.17. The quantitative estimate of drug-likeness (QED) is 0.477. The lowest BCUT2D eigenvalue weighted by molar-refractivity contribution is 0.277. The summed E-state index contributed by atoms with van der Waals surface area (Å²) in [5.74, 6) is 1.52. The van der Waals surface area contributed by atoms with Crippen LogP contribution in [0.5, 0.6) is 0 Å². The topological polar surface area (TPSA) is 59.4 Å². The van der Waals surface area contributed by atoms with Gasteiger partial charge in [-0.3, -0.25) is 9.67 Å². The molecule has 0 aromatic carbocycles. The van der Waals surface area contributed by atoms with Crippen molar-refractivity contribution in [2.45, 2.75) is 40.0 Å². The van der Waals surface area contributed by atoms with Crippen molar-refractivity contribution >= 4 is 29.9 Å². The first-order valence-corrected chi connectivity index (χ1v) is 7.53. The maximum atomic E-state index is 6.09. The van der Waals surface area contributed by atoms with E-state index in [1.54, 1.807) is 0 Å². The molecule has 6 heteroatoms. The van der Waals surface area contributed by atoms with Crippen LogP contribution in [0.25, 0.3) is 0 Å². The number of guanidine groups is 1. The number of hydrogen-bond donors (Lipinski definition) is 1. The Kier molecular flexibility index (Phi) is 6.96. The Morgan fingerprint density at radius 3 is 2.48 bits per heavy atom. The summed E-state index contributed by atoms with van der Waals surface area (Å²) in [6, 6.07) is 0. The highest BCUT2D eigenvalue weighted by Crippen LogP contribution is 2.16. The summed E-state index contributed by atoms with van der Waals surface area (Å²) in [5, 5.41) is 4.43. The highest BCUT2D eigenvalue weighted by atomic mass is 127. The molecule has 0 bridgehead atoms. The van der Waals surface area contributed by atoms with E-state index in [4.69, 9.17) is 5.73 Å². The van der Waals surface area contributed by atoms with Crippen LogP contribution in [-0.2, 0) is 13.5 Å². The molecule has 0 saturated carbocycles. The molecule has 0 unspecified atom stereocenters. The fourth-order valence-corrected chi connectivity index (χ4v) is 2.80. The summed E-state index contributed by atoms with van der Waals surface area (Å²) in [6.07, 6.45) is 3.35. The number of nitrogens with two attached hydrogens (primary N) is 1. The Morgan fingerprint density at radius 2 is 1.95 bits per heavy atom. The van der Waals surface area contributed by atoms with E-state index in [1.165, 1.54) is 24.1 Å². The Balaban J connectivity index is 0.00000220. The van der Waals surface area contributed by atoms with Gasteiger partial charge < -0.3 is 10.6 Å². The smallest absolute Gasteiger partial charge is 0.191 e. The van der Waals surface area contributed by atoms with Crippen LogP contribution >= 0.6 is 24.0 Å². The van der Waals surface area contributed by atoms with Crippen molar-refractivity contribution in [2.75, 3.05) is 19.6 Å². The van der Waals surface area contributed by atoms with Crippen molar-refractivity contribution in [3.8, 4) is 0 Å². The van der Waals surface area contributed by atoms with Crippen molar-refractivity contribution in [3.05, 3.63) is 17.0 Å². The van der Waals surface area contributed by atoms with Gasteiger partial charge in [-0.15, -0.1) is 24.0 Å². The van der Waals surface area contributed by atoms with Crippen LogP contribution in [0.2, 0.25) is 0 Å². The number of hydrogen-bond acceptors (Lipinski definition) is 2. The summed E-state index contributed by atoms with van der Waals surface area (Å²) in [4.78, 5) is 6.75. The lowest BCUT2D eigenvalue weighted by Crippen LogP contribution is -2.42. The predicted molar refractivity (Wildman–Crippen MR) is 98.3 cm³/mol. The van der Waals surface area contributed by atoms with Crippen molar-refractivity contribution < 1.29 is 0 Å². The van der Waals surface area contributed by atoms with Crippen molar-refractivity contribution in [2.24, 2.45) is 23.7 Å². The molecule has 2 rings (SSSR count). The maximum absolute atomic E-state index is 6.09. The molecule has 2 heterocycles. The molecule has 1 fully saturated rings. The average molecular weight is 405 g/mol. The molecule has 1 aromatic rings. The number of halogens is 1. The maximum Gasteiger partial charge on any atom is 0.191 e. The summed E-state index contributed by atoms with van der Waals surface area (Å²) in [5.41, 5.74) is 9.72. The van der Waals surface area contributed by atoms with Gasteiger partial charge in [0.05, 0.1) is 5.69 Å². The van der Waals surface area contributed by atoms with E-state index in [-0.39, 0.29) is 24.0 Å². The summed E-state index contributed by atoms with van der Waals surface area (Å²) >= 11 is 0. The highest BCUT2D eigenvalue weighted by molar-refractivity contribution is 14.0. The molecule has 0 radical (unpaired) electrons. The van der Waals surface area contributed by atoms with Crippen LogP contribution in [0.3, 0.4) is 0 Å². The molecule has 5 nitrogen and oxygen atoms in total. The second-order valence-corrected chi connectivity index (χ2v) is 5.93. The number of aliphatic imine (C=N–C) groups is 1. The second kappa shape index (κ2) is 8.00. The molecule has 1 aliphatic heterocycles. The Bertz CT molecular complexity index is 486. The standard InChI is InChI=1S/C15H27N5.HI/c1-11-6-9-20(10-7-11)15(16)17-8-5-14-12(2)18-19(4)13(14)3;/h11H,5-10H2,1-4H3,(H2,16,17);1H. The molecular formula is C15H28IN5. The molecule has 1 saturated heterocycles. The average Bonchev–Trinajstić information content (AvgIpc) is 2.65. The van der Waals surface area contributed by atoms with E-state index in [0.29, 0.717) is 5.96 Å². The minimum atomic E-state index is 0. The Labute approximate surface area is 145 Å². The van der Waals surface area contributed by atoms with Gasteiger partial charge in [0.2, 0.25) is 0 Å². The summed E-state index contributed by atoms with van der Waals surface area (Å²) in [7, 11) is 1.98. The molecule has 0 atom stereocenters. The van der Waals surface area contributed by atoms with E-state index < -0.39 is 0 Å². The number of nitrogens with zero attached hydrogens (tertiary/aromatic N) is 4. The van der Waals surface area contributed by atoms with Gasteiger partial charge in [0, 0.05) is 32.4 Å². The van der Waals surface area contributed by atoms with Gasteiger partial charge in [-0.2, -0.15) is 5.10 Å². The largest absolute Gasteiger partial charge is 0.370 e. The van der Waals surface area contributed by atoms with E-state index in [9.17, 15) is 0 Å². The third-order valence-electron chi connectivity index (χ3n) is 4.40. The van der Waals surface area contributed by atoms with Crippen LogP contribution in [-0.4, -0.2) is 40.3 Å². The molecule has 1 aliphatic rings. The minimum Gasteiger partial charge on any atom is -0.370 e. The van der Waals surface area contributed by atoms with E-state index >= 15 is 0 Å². The first kappa shape index (κ1) is 18.3. The third-order valence-corrected chi connectivity index (χ3v) is 4.40. The van der Waals surface area contributed by atoms with Gasteiger partial charge in [-0.05, 0) is 44.6 Å². The number of aromatic nitrogens is 2. The molecular weight excluding hydrogens is 377 g/mol. The van der Waals surface area contributed by atoms with E-state index in [1.807, 2.05) is 11.7 Å². The van der Waals surface area contributed by atoms with Crippen LogP contribution in [0, 0.1) is 19.8 Å². The van der Waals surface area contributed by atoms with Crippen LogP contribution in [0.1, 0.15) is 36.7 Å². The van der Waals surface area contributed by atoms with Gasteiger partial charge >= 0.3 is 0 Å². The lowest BCUT2D eigenvalue weighted by Gasteiger charge is -2.31. The van der Waals surface area contributed by atoms with Crippen LogP contribution < -0.4 is 5.73 Å². The van der Waals surface area contributed by atoms with E-state index in [0.717, 1.165) is 37.7 Å². The fourth-order valence-electron chi connectivity index (χ4n) is 2.80. The molecule has 0 aliphatic carbocycles. The molecule has 1 aromatic heterocycles. The monoisotopic (exact) mass is 405 g/mol. The van der Waals surface area contributed by atoms with Gasteiger partial charge in [0.1, 0.15) is 0 Å². The second-order valence-electron chi connectivity index (χ2n) is 5.93. The predicted octanol–water partition coefficient (Wildman–Crippen LogP) is 2.24. The molecule has 0 amide bonds. The first-order chi connectivity index (χ1) is 9.49. The molecule has 21 heavy (non-hydrogen) atoms. The van der Waals surface area contributed by atoms with Crippen molar-refractivity contribution in [1.29, 1.82) is 0 Å². The van der Waals surface area contributed by atoms with Crippen molar-refractivity contribution in [1.82, 2.24) is 14.7 Å². The molecule has 120 valence electrons. The van der Waals surface area contributed by atoms with Gasteiger partial charge in [-0.25, -0.2) is 0 Å². The SMILES string of the molecule is Cc1nn(C)c(C)c1CCN=C(N)N1CCC(C)CC1.I. The van der Waals surface area contributed by atoms with Gasteiger partial charge in [-0.1, -0.05) is 6.92 Å². The van der Waals surface area contributed by atoms with Gasteiger partial charge in [0.15, 0.2) is 5.96 Å². The lowest BCUT2D eigenvalue weighted by atomic mass is 10.00. The van der Waals surface area contributed by atoms with Crippen LogP contribution in [0.4, 0.5) is 0 Å². The zero-order chi connectivity index (χ0) is 14.7. The number of piperidine rings is 1. The number of rotatable bonds is 3. The number of aryl methyl sites for hydroxylation is 2. The Morgan fingerprint density at radius 1 is 1.33 bits per heavy atom. The minimum absolute atomic E-state index is 0. The first-order valence-electron chi connectivity index (χ1n) is 7.53. The van der Waals surface area contributed by atoms with Crippen LogP contribution in [0.15, 0.2) is 4.99 Å². The Hall–Kier alpha value is -0.790. The fraction of sp³-hybridized carbons (Fsp3) is 0.733.